The smallest absolute Gasteiger partial charge is 0.319 e. The van der Waals surface area contributed by atoms with Crippen molar-refractivity contribution in [3.63, 3.8) is 0 Å². The molecule has 0 aromatic heterocycles. The van der Waals surface area contributed by atoms with E-state index in [0.29, 0.717) is 0 Å². The van der Waals surface area contributed by atoms with E-state index >= 15 is 0 Å². The van der Waals surface area contributed by atoms with Gasteiger partial charge in [-0.15, -0.1) is 0 Å². The molecule has 0 aromatic carbocycles. The van der Waals surface area contributed by atoms with Crippen molar-refractivity contribution in [2.75, 3.05) is 0 Å². The molecule has 0 atom stereocenters. The zero-order valence-electron chi connectivity index (χ0n) is 18.0. The Morgan fingerprint density at radius 1 is 0.615 bits per heavy atom. The maximum absolute atomic E-state index is 12.8. The van der Waals surface area contributed by atoms with Gasteiger partial charge in [-0.25, -0.2) is 0 Å². The van der Waals surface area contributed by atoms with Crippen LogP contribution < -0.4 is 0 Å². The summed E-state index contributed by atoms with van der Waals surface area (Å²) in [5.41, 5.74) is -0.995. The largest absolute Gasteiger partial charge is 0.392 e. The maximum atomic E-state index is 12.8. The molecule has 5 heteroatoms. The normalized spacial score (nSPS) is 11.3. The maximum Gasteiger partial charge on any atom is 0.319 e. The van der Waals surface area contributed by atoms with Crippen LogP contribution in [0.3, 0.4) is 0 Å². The second-order valence-corrected chi connectivity index (χ2v) is 7.21. The van der Waals surface area contributed by atoms with E-state index in [1.807, 2.05) is 27.7 Å². The van der Waals surface area contributed by atoms with E-state index in [-0.39, 0.29) is 93.6 Å². The van der Waals surface area contributed by atoms with Crippen molar-refractivity contribution in [1.82, 2.24) is 0 Å². The fourth-order valence-corrected chi connectivity index (χ4v) is 3.52. The summed E-state index contributed by atoms with van der Waals surface area (Å²) in [4.78, 5) is 25.7. The van der Waals surface area contributed by atoms with Crippen molar-refractivity contribution in [3.05, 3.63) is 0 Å². The zero-order valence-corrected chi connectivity index (χ0v) is 24.4. The number of unbranched alkanes of at least 4 members (excludes halogenated alkanes) is 3. The van der Waals surface area contributed by atoms with Gasteiger partial charge in [-0.1, -0.05) is 73.6 Å². The molecule has 0 unspecified atom stereocenters. The summed E-state index contributed by atoms with van der Waals surface area (Å²) in [7, 11) is 0. The van der Waals surface area contributed by atoms with Crippen LogP contribution in [0.15, 0.2) is 0 Å². The van der Waals surface area contributed by atoms with Gasteiger partial charge in [-0.05, 0) is 38.5 Å². The number of carbonyl (C=O) groups excluding carboxylic acids is 2. The number of carbonyl (C=O) groups is 2. The van der Waals surface area contributed by atoms with Gasteiger partial charge in [0, 0.05) is 81.7 Å². The van der Waals surface area contributed by atoms with Crippen LogP contribution in [0.25, 0.3) is 0 Å². The van der Waals surface area contributed by atoms with Crippen molar-refractivity contribution in [1.29, 1.82) is 0 Å². The Morgan fingerprint density at radius 3 is 1.27 bits per heavy atom. The molecule has 0 aliphatic rings. The van der Waals surface area contributed by atoms with Crippen LogP contribution in [-0.4, -0.2) is 11.9 Å². The molecule has 0 aliphatic heterocycles. The summed E-state index contributed by atoms with van der Waals surface area (Å²) in [5.74, 6) is -0.593. The van der Waals surface area contributed by atoms with Crippen LogP contribution in [0, 0.1) is 92.5 Å². The van der Waals surface area contributed by atoms with Crippen LogP contribution in [0.1, 0.15) is 112 Å². The van der Waals surface area contributed by atoms with Crippen LogP contribution in [0.5, 0.6) is 0 Å². The van der Waals surface area contributed by atoms with E-state index in [4.69, 9.17) is 4.74 Å². The summed E-state index contributed by atoms with van der Waals surface area (Å²) in [5, 5.41) is 0. The molecular weight excluding hydrogens is 589 g/mol. The van der Waals surface area contributed by atoms with Crippen molar-refractivity contribution in [3.8, 4) is 0 Å². The second kappa shape index (κ2) is 17.7. The quantitative estimate of drug-likeness (QED) is 0.134. The van der Waals surface area contributed by atoms with Crippen LogP contribution in [0.2, 0.25) is 0 Å². The summed E-state index contributed by atoms with van der Waals surface area (Å²) >= 11 is 0. The zero-order chi connectivity index (χ0) is 18.6. The number of ether oxygens (including phenoxy) is 1. The SMILES string of the molecule is CCCCCC(CC)(CC)C(=O)OC(=O)C(CC)(CC)CCCC.[Nd].[Nd]. The average Bonchev–Trinajstić information content (AvgIpc) is 2.60. The molecule has 150 valence electrons. The first-order chi connectivity index (χ1) is 11.4. The Balaban J connectivity index is -0.00000264. The monoisotopic (exact) mass is 624 g/mol. The molecule has 0 aromatic rings. The minimum Gasteiger partial charge on any atom is -0.392 e. The summed E-state index contributed by atoms with van der Waals surface area (Å²) in [6, 6.07) is 0. The van der Waals surface area contributed by atoms with Crippen LogP contribution in [0.4, 0.5) is 0 Å². The van der Waals surface area contributed by atoms with Gasteiger partial charge in [0.2, 0.25) is 0 Å². The van der Waals surface area contributed by atoms with Crippen molar-refractivity contribution >= 4 is 11.9 Å². The summed E-state index contributed by atoms with van der Waals surface area (Å²) < 4.78 is 5.49. The van der Waals surface area contributed by atoms with Gasteiger partial charge in [-0.2, -0.15) is 0 Å². The number of hydrogen-bond donors (Lipinski definition) is 0. The topological polar surface area (TPSA) is 43.4 Å². The third kappa shape index (κ3) is 9.56. The van der Waals surface area contributed by atoms with Gasteiger partial charge in [0.15, 0.2) is 0 Å². The van der Waals surface area contributed by atoms with E-state index in [9.17, 15) is 9.59 Å². The molecule has 0 bridgehead atoms. The molecule has 0 amide bonds. The Kier molecular flexibility index (Phi) is 22.1. The second-order valence-electron chi connectivity index (χ2n) is 7.21. The number of esters is 2. The van der Waals surface area contributed by atoms with Crippen molar-refractivity contribution in [2.45, 2.75) is 112 Å². The number of hydrogen-bond acceptors (Lipinski definition) is 3. The molecule has 3 nitrogen and oxygen atoms in total. The Morgan fingerprint density at radius 2 is 0.962 bits per heavy atom. The van der Waals surface area contributed by atoms with Crippen molar-refractivity contribution in [2.24, 2.45) is 10.8 Å². The van der Waals surface area contributed by atoms with E-state index in [2.05, 4.69) is 13.8 Å². The van der Waals surface area contributed by atoms with E-state index in [1.165, 1.54) is 0 Å². The van der Waals surface area contributed by atoms with Gasteiger partial charge in [0.1, 0.15) is 0 Å². The van der Waals surface area contributed by atoms with E-state index in [0.717, 1.165) is 70.6 Å². The first kappa shape index (κ1) is 32.5. The molecule has 0 spiro atoms. The molecule has 0 N–H and O–H groups in total. The Bertz CT molecular complexity index is 375. The average molecular weight is 629 g/mol. The fraction of sp³-hybridized carbons (Fsp3) is 0.905. The van der Waals surface area contributed by atoms with Gasteiger partial charge < -0.3 is 4.74 Å². The molecule has 0 fully saturated rings. The standard InChI is InChI=1S/C21H40O3.2Nd/c1-7-13-15-17-21(11-5,12-6)19(23)24-18(22)20(9-3,10-4)16-14-8-2;;/h7-17H2,1-6H3;;. The summed E-state index contributed by atoms with van der Waals surface area (Å²) in [6.45, 7) is 12.4. The third-order valence-corrected chi connectivity index (χ3v) is 6.03. The molecular formula is C21H40Nd2O3. The van der Waals surface area contributed by atoms with Crippen molar-refractivity contribution < 1.29 is 96.0 Å². The van der Waals surface area contributed by atoms with Gasteiger partial charge in [-0.3, -0.25) is 9.59 Å². The molecule has 0 saturated carbocycles. The molecule has 26 heavy (non-hydrogen) atoms. The minimum absolute atomic E-state index is 0. The first-order valence-electron chi connectivity index (χ1n) is 10.2. The molecule has 0 radical (unpaired) electrons. The Labute approximate surface area is 228 Å². The number of rotatable bonds is 13. The van der Waals surface area contributed by atoms with Gasteiger partial charge in [0.05, 0.1) is 10.8 Å². The van der Waals surface area contributed by atoms with Gasteiger partial charge >= 0.3 is 11.9 Å². The predicted molar refractivity (Wildman–Crippen MR) is 101 cm³/mol. The van der Waals surface area contributed by atoms with E-state index in [1.54, 1.807) is 0 Å². The predicted octanol–water partition coefficient (Wildman–Crippen LogP) is 6.44. The van der Waals surface area contributed by atoms with Crippen LogP contribution >= 0.6 is 0 Å². The van der Waals surface area contributed by atoms with E-state index < -0.39 is 10.8 Å². The molecule has 0 saturated heterocycles. The molecule has 0 aliphatic carbocycles. The molecule has 0 heterocycles. The fourth-order valence-electron chi connectivity index (χ4n) is 3.52. The third-order valence-electron chi connectivity index (χ3n) is 6.03. The first-order valence-corrected chi connectivity index (χ1v) is 10.2. The minimum atomic E-state index is -0.498. The summed E-state index contributed by atoms with van der Waals surface area (Å²) in [6.07, 6.45) is 9.87. The molecule has 0 rings (SSSR count). The Hall–Kier alpha value is 1.84. The van der Waals surface area contributed by atoms with Crippen LogP contribution in [-0.2, 0) is 14.3 Å². The van der Waals surface area contributed by atoms with Gasteiger partial charge in [0.25, 0.3) is 0 Å².